The number of nitrogens with one attached hydrogen (secondary N) is 1. The van der Waals surface area contributed by atoms with Gasteiger partial charge in [-0.05, 0) is 18.6 Å². The normalized spacial score (nSPS) is 10.6. The Balaban J connectivity index is 1.92. The Hall–Kier alpha value is -2.60. The van der Waals surface area contributed by atoms with Crippen molar-refractivity contribution in [2.45, 2.75) is 6.92 Å². The van der Waals surface area contributed by atoms with E-state index >= 15 is 0 Å². The molecule has 0 spiro atoms. The summed E-state index contributed by atoms with van der Waals surface area (Å²) in [6.07, 6.45) is 0. The van der Waals surface area contributed by atoms with Gasteiger partial charge < -0.3 is 9.47 Å². The highest BCUT2D eigenvalue weighted by molar-refractivity contribution is 7.22. The molecule has 0 aliphatic heterocycles. The number of carbonyl (C=O) groups is 1. The minimum atomic E-state index is -0.166. The molecule has 1 heterocycles. The van der Waals surface area contributed by atoms with Crippen LogP contribution in [0.2, 0.25) is 0 Å². The van der Waals surface area contributed by atoms with E-state index in [0.717, 1.165) is 15.8 Å². The fourth-order valence-corrected chi connectivity index (χ4v) is 3.17. The molecule has 6 heteroatoms. The van der Waals surface area contributed by atoms with Gasteiger partial charge in [0.05, 0.1) is 24.4 Å². The monoisotopic (exact) mass is 328 g/mol. The van der Waals surface area contributed by atoms with Crippen molar-refractivity contribution in [2.24, 2.45) is 0 Å². The molecular formula is C17H16N2O3S. The summed E-state index contributed by atoms with van der Waals surface area (Å²) >= 11 is 1.40. The summed E-state index contributed by atoms with van der Waals surface area (Å²) < 4.78 is 11.5. The number of hydrogen-bond acceptors (Lipinski definition) is 5. The van der Waals surface area contributed by atoms with Crippen LogP contribution in [0, 0.1) is 6.92 Å². The number of aromatic nitrogens is 1. The number of anilines is 1. The maximum atomic E-state index is 12.4. The number of amides is 1. The number of benzene rings is 2. The van der Waals surface area contributed by atoms with Gasteiger partial charge in [-0.1, -0.05) is 29.5 Å². The van der Waals surface area contributed by atoms with Crippen LogP contribution in [0.15, 0.2) is 36.4 Å². The Morgan fingerprint density at radius 3 is 2.52 bits per heavy atom. The molecule has 3 rings (SSSR count). The summed E-state index contributed by atoms with van der Waals surface area (Å²) in [7, 11) is 3.17. The fourth-order valence-electron chi connectivity index (χ4n) is 2.30. The molecule has 0 saturated carbocycles. The maximum absolute atomic E-state index is 12.4. The fraction of sp³-hybridized carbons (Fsp3) is 0.176. The third-order valence-electron chi connectivity index (χ3n) is 3.50. The van der Waals surface area contributed by atoms with Crippen LogP contribution in [0.1, 0.15) is 15.9 Å². The largest absolute Gasteiger partial charge is 0.493 e. The molecule has 0 unspecified atom stereocenters. The van der Waals surface area contributed by atoms with E-state index in [4.69, 9.17) is 9.47 Å². The minimum Gasteiger partial charge on any atom is -0.493 e. The summed E-state index contributed by atoms with van der Waals surface area (Å²) in [6, 6.07) is 11.1. The zero-order valence-electron chi connectivity index (χ0n) is 13.0. The number of hydrogen-bond donors (Lipinski definition) is 1. The van der Waals surface area contributed by atoms with Crippen molar-refractivity contribution in [1.82, 2.24) is 4.98 Å². The lowest BCUT2D eigenvalue weighted by atomic mass is 10.1. The summed E-state index contributed by atoms with van der Waals surface area (Å²) in [5.41, 5.74) is 2.32. The average Bonchev–Trinajstić information content (AvgIpc) is 2.94. The zero-order valence-corrected chi connectivity index (χ0v) is 13.9. The van der Waals surface area contributed by atoms with E-state index in [2.05, 4.69) is 10.3 Å². The first-order valence-electron chi connectivity index (χ1n) is 7.02. The number of nitrogens with zero attached hydrogens (tertiary/aromatic N) is 1. The van der Waals surface area contributed by atoms with E-state index in [1.54, 1.807) is 26.4 Å². The van der Waals surface area contributed by atoms with Gasteiger partial charge in [0.2, 0.25) is 0 Å². The summed E-state index contributed by atoms with van der Waals surface area (Å²) in [4.78, 5) is 16.8. The highest BCUT2D eigenvalue weighted by Gasteiger charge is 2.14. The molecule has 1 amide bonds. The third kappa shape index (κ3) is 2.98. The van der Waals surface area contributed by atoms with Crippen LogP contribution in [0.25, 0.3) is 10.2 Å². The van der Waals surface area contributed by atoms with E-state index in [1.165, 1.54) is 11.3 Å². The van der Waals surface area contributed by atoms with Gasteiger partial charge in [0.1, 0.15) is 0 Å². The molecule has 2 aromatic carbocycles. The van der Waals surface area contributed by atoms with E-state index in [9.17, 15) is 4.79 Å². The summed E-state index contributed by atoms with van der Waals surface area (Å²) in [5.74, 6) is 1.09. The molecule has 0 fully saturated rings. The standard InChI is InChI=1S/C17H16N2O3S/c1-10-6-4-5-7-11(10)16(20)19-17-18-12-8-13(21-2)14(22-3)9-15(12)23-17/h4-9H,1-3H3,(H,18,19,20). The molecule has 1 N–H and O–H groups in total. The van der Waals surface area contributed by atoms with E-state index in [-0.39, 0.29) is 5.91 Å². The van der Waals surface area contributed by atoms with E-state index in [0.29, 0.717) is 22.2 Å². The van der Waals surface area contributed by atoms with Crippen LogP contribution < -0.4 is 14.8 Å². The van der Waals surface area contributed by atoms with Crippen LogP contribution >= 0.6 is 11.3 Å². The highest BCUT2D eigenvalue weighted by Crippen LogP contribution is 2.36. The minimum absolute atomic E-state index is 0.166. The van der Waals surface area contributed by atoms with Gasteiger partial charge in [0, 0.05) is 17.7 Å². The van der Waals surface area contributed by atoms with Crippen molar-refractivity contribution in [3.8, 4) is 11.5 Å². The van der Waals surface area contributed by atoms with Crippen molar-refractivity contribution >= 4 is 32.6 Å². The van der Waals surface area contributed by atoms with Crippen molar-refractivity contribution in [1.29, 1.82) is 0 Å². The van der Waals surface area contributed by atoms with Gasteiger partial charge in [-0.25, -0.2) is 4.98 Å². The average molecular weight is 328 g/mol. The Morgan fingerprint density at radius 2 is 1.83 bits per heavy atom. The molecule has 1 aromatic heterocycles. The first-order valence-corrected chi connectivity index (χ1v) is 7.83. The summed E-state index contributed by atoms with van der Waals surface area (Å²) in [5, 5.41) is 3.40. The van der Waals surface area contributed by atoms with Gasteiger partial charge in [0.25, 0.3) is 5.91 Å². The molecule has 5 nitrogen and oxygen atoms in total. The first kappa shape index (κ1) is 15.3. The molecule has 3 aromatic rings. The number of rotatable bonds is 4. The Labute approximate surface area is 137 Å². The first-order chi connectivity index (χ1) is 11.1. The molecule has 0 radical (unpaired) electrons. The second-order valence-corrected chi connectivity index (χ2v) is 5.99. The lowest BCUT2D eigenvalue weighted by molar-refractivity contribution is 0.102. The van der Waals surface area contributed by atoms with Crippen LogP contribution in [-0.4, -0.2) is 25.1 Å². The number of thiazole rings is 1. The lowest BCUT2D eigenvalue weighted by Gasteiger charge is -2.05. The van der Waals surface area contributed by atoms with Crippen LogP contribution in [0.3, 0.4) is 0 Å². The van der Waals surface area contributed by atoms with Crippen molar-refractivity contribution in [2.75, 3.05) is 19.5 Å². The van der Waals surface area contributed by atoms with E-state index < -0.39 is 0 Å². The second kappa shape index (κ2) is 6.26. The highest BCUT2D eigenvalue weighted by atomic mass is 32.1. The second-order valence-electron chi connectivity index (χ2n) is 4.96. The van der Waals surface area contributed by atoms with Gasteiger partial charge in [-0.3, -0.25) is 10.1 Å². The van der Waals surface area contributed by atoms with Gasteiger partial charge >= 0.3 is 0 Å². The van der Waals surface area contributed by atoms with Crippen molar-refractivity contribution < 1.29 is 14.3 Å². The molecule has 0 atom stereocenters. The SMILES string of the molecule is COc1cc2nc(NC(=O)c3ccccc3C)sc2cc1OC. The lowest BCUT2D eigenvalue weighted by Crippen LogP contribution is -2.12. The number of ether oxygens (including phenoxy) is 2. The van der Waals surface area contributed by atoms with Crippen molar-refractivity contribution in [3.05, 3.63) is 47.5 Å². The third-order valence-corrected chi connectivity index (χ3v) is 4.44. The molecule has 0 aliphatic rings. The molecule has 0 saturated heterocycles. The number of fused-ring (bicyclic) bond motifs is 1. The van der Waals surface area contributed by atoms with E-state index in [1.807, 2.05) is 31.2 Å². The summed E-state index contributed by atoms with van der Waals surface area (Å²) in [6.45, 7) is 1.91. The number of carbonyl (C=O) groups excluding carboxylic acids is 1. The van der Waals surface area contributed by atoms with Crippen molar-refractivity contribution in [3.63, 3.8) is 0 Å². The number of methoxy groups -OCH3 is 2. The van der Waals surface area contributed by atoms with Crippen LogP contribution in [0.4, 0.5) is 5.13 Å². The smallest absolute Gasteiger partial charge is 0.257 e. The van der Waals surface area contributed by atoms with Crippen LogP contribution in [0.5, 0.6) is 11.5 Å². The van der Waals surface area contributed by atoms with Crippen LogP contribution in [-0.2, 0) is 0 Å². The molecule has 118 valence electrons. The predicted octanol–water partition coefficient (Wildman–Crippen LogP) is 3.87. The molecule has 0 aliphatic carbocycles. The Kier molecular flexibility index (Phi) is 4.16. The number of aryl methyl sites for hydroxylation is 1. The quantitative estimate of drug-likeness (QED) is 0.790. The predicted molar refractivity (Wildman–Crippen MR) is 91.9 cm³/mol. The van der Waals surface area contributed by atoms with Gasteiger partial charge in [-0.15, -0.1) is 0 Å². The Morgan fingerprint density at radius 1 is 1.13 bits per heavy atom. The molecule has 0 bridgehead atoms. The molecule has 23 heavy (non-hydrogen) atoms. The maximum Gasteiger partial charge on any atom is 0.257 e. The van der Waals surface area contributed by atoms with Gasteiger partial charge in [-0.2, -0.15) is 0 Å². The molecular weight excluding hydrogens is 312 g/mol. The zero-order chi connectivity index (χ0) is 16.4. The van der Waals surface area contributed by atoms with Gasteiger partial charge in [0.15, 0.2) is 16.6 Å². The topological polar surface area (TPSA) is 60.5 Å². The Bertz CT molecular complexity index is 832.